The average Bonchev–Trinajstić information content (AvgIpc) is 3.60. The van der Waals surface area contributed by atoms with Crippen molar-refractivity contribution in [1.82, 2.24) is 35.3 Å². The summed E-state index contributed by atoms with van der Waals surface area (Å²) in [6.07, 6.45) is 0.178. The molecule has 0 unspecified atom stereocenters. The van der Waals surface area contributed by atoms with Crippen molar-refractivity contribution in [3.63, 3.8) is 0 Å². The molecule has 1 aromatic heterocycles. The number of aromatic nitrogens is 2. The molecule has 0 aliphatic carbocycles. The number of amides is 5. The average molecular weight is 706 g/mol. The van der Waals surface area contributed by atoms with Crippen LogP contribution in [0.4, 0.5) is 0 Å². The molecular formula is C39H43N7O6. The Hall–Kier alpha value is -5.82. The van der Waals surface area contributed by atoms with Crippen molar-refractivity contribution in [1.29, 1.82) is 0 Å². The van der Waals surface area contributed by atoms with Crippen molar-refractivity contribution < 1.29 is 28.7 Å². The summed E-state index contributed by atoms with van der Waals surface area (Å²) < 4.78 is 8.13. The Kier molecular flexibility index (Phi) is 11.4. The molecule has 270 valence electrons. The van der Waals surface area contributed by atoms with Crippen molar-refractivity contribution >= 4 is 29.5 Å². The molecule has 3 heterocycles. The Bertz CT molecular complexity index is 1880. The van der Waals surface area contributed by atoms with Crippen molar-refractivity contribution in [2.75, 3.05) is 33.2 Å². The third kappa shape index (κ3) is 8.72. The molecule has 3 aromatic carbocycles. The van der Waals surface area contributed by atoms with Gasteiger partial charge in [0.2, 0.25) is 23.6 Å². The molecule has 4 atom stereocenters. The lowest BCUT2D eigenvalue weighted by Gasteiger charge is -2.38. The largest absolute Gasteiger partial charge is 0.360 e. The number of rotatable bonds is 7. The third-order valence-corrected chi connectivity index (χ3v) is 9.24. The summed E-state index contributed by atoms with van der Waals surface area (Å²) in [6, 6.07) is 27.0. The van der Waals surface area contributed by atoms with Gasteiger partial charge < -0.3 is 35.1 Å². The van der Waals surface area contributed by atoms with Crippen LogP contribution in [0.3, 0.4) is 0 Å². The smallest absolute Gasteiger partial charge is 0.251 e. The SMILES string of the molecule is C[C@H]1NC(=O)CN(C)C(=O)[C@@H](Cc2ccccc2)NC(=O)[C@H]2CN(C(=O)CCn3cnc(-c4ccccc4)c3-c3ccccc3)C[C@H](CNC1=O)O2. The summed E-state index contributed by atoms with van der Waals surface area (Å²) in [7, 11) is 1.47. The second-order valence-electron chi connectivity index (χ2n) is 13.1. The van der Waals surface area contributed by atoms with E-state index in [0.29, 0.717) is 6.54 Å². The summed E-state index contributed by atoms with van der Waals surface area (Å²) in [4.78, 5) is 74.6. The summed E-state index contributed by atoms with van der Waals surface area (Å²) in [5, 5.41) is 8.24. The molecule has 5 amide bonds. The number of imidazole rings is 1. The van der Waals surface area contributed by atoms with Crippen LogP contribution in [0.1, 0.15) is 18.9 Å². The molecule has 0 radical (unpaired) electrons. The lowest BCUT2D eigenvalue weighted by Crippen LogP contribution is -2.59. The lowest BCUT2D eigenvalue weighted by molar-refractivity contribution is -0.157. The van der Waals surface area contributed by atoms with Gasteiger partial charge in [-0.05, 0) is 12.5 Å². The molecule has 2 aliphatic rings. The Morgan fingerprint density at radius 2 is 1.50 bits per heavy atom. The van der Waals surface area contributed by atoms with Crippen molar-refractivity contribution in [3.8, 4) is 22.5 Å². The fourth-order valence-electron chi connectivity index (χ4n) is 6.53. The van der Waals surface area contributed by atoms with Crippen LogP contribution in [0.2, 0.25) is 0 Å². The molecule has 2 aliphatic heterocycles. The number of hydrogen-bond donors (Lipinski definition) is 3. The standard InChI is InChI=1S/C39H43N7O6/c1-26-37(49)40-21-30-22-46(34(48)18-19-45-25-41-35(28-14-8-4-9-15-28)36(45)29-16-10-5-11-17-29)23-32(52-30)38(50)43-31(20-27-12-6-3-7-13-27)39(51)44(2)24-33(47)42-26/h3-17,25-26,30-32H,18-24H2,1-2H3,(H,40,49)(H,42,47)(H,43,50)/t26-,30+,31-,32-/m1/s1. The van der Waals surface area contributed by atoms with Crippen molar-refractivity contribution in [3.05, 3.63) is 103 Å². The summed E-state index contributed by atoms with van der Waals surface area (Å²) in [5.41, 5.74) is 4.42. The van der Waals surface area contributed by atoms with E-state index in [0.717, 1.165) is 28.1 Å². The highest BCUT2D eigenvalue weighted by atomic mass is 16.5. The zero-order chi connectivity index (χ0) is 36.6. The molecular weight excluding hydrogens is 662 g/mol. The van der Waals surface area contributed by atoms with Gasteiger partial charge in [0.05, 0.1) is 36.9 Å². The van der Waals surface area contributed by atoms with E-state index in [9.17, 15) is 24.0 Å². The number of fused-ring (bicyclic) bond motifs is 2. The van der Waals surface area contributed by atoms with E-state index in [1.165, 1.54) is 11.9 Å². The zero-order valence-corrected chi connectivity index (χ0v) is 29.2. The molecule has 3 N–H and O–H groups in total. The van der Waals surface area contributed by atoms with Crippen molar-refractivity contribution in [2.45, 2.75) is 50.6 Å². The topological polar surface area (TPSA) is 155 Å². The molecule has 13 heteroatoms. The molecule has 0 spiro atoms. The molecule has 2 bridgehead atoms. The highest BCUT2D eigenvalue weighted by Gasteiger charge is 2.37. The van der Waals surface area contributed by atoms with Gasteiger partial charge in [-0.1, -0.05) is 91.0 Å². The Morgan fingerprint density at radius 3 is 2.19 bits per heavy atom. The van der Waals surface area contributed by atoms with E-state index in [1.807, 2.05) is 95.6 Å². The first kappa shape index (κ1) is 36.0. The number of ether oxygens (including phenoxy) is 1. The molecule has 52 heavy (non-hydrogen) atoms. The predicted octanol–water partition coefficient (Wildman–Crippen LogP) is 2.02. The fraction of sp³-hybridized carbons (Fsp3) is 0.333. The van der Waals surface area contributed by atoms with Gasteiger partial charge in [-0.2, -0.15) is 0 Å². The van der Waals surface area contributed by atoms with Crippen LogP contribution in [0.25, 0.3) is 22.5 Å². The molecule has 4 aromatic rings. The van der Waals surface area contributed by atoms with Gasteiger partial charge in [-0.25, -0.2) is 4.98 Å². The maximum Gasteiger partial charge on any atom is 0.251 e. The number of carbonyl (C=O) groups is 5. The first-order chi connectivity index (χ1) is 25.2. The van der Waals surface area contributed by atoms with Crippen molar-refractivity contribution in [2.24, 2.45) is 0 Å². The minimum Gasteiger partial charge on any atom is -0.360 e. The van der Waals surface area contributed by atoms with E-state index in [-0.39, 0.29) is 44.9 Å². The van der Waals surface area contributed by atoms with Crippen LogP contribution in [-0.2, 0) is 41.7 Å². The molecule has 0 saturated carbocycles. The van der Waals surface area contributed by atoms with Crippen LogP contribution >= 0.6 is 0 Å². The van der Waals surface area contributed by atoms with Gasteiger partial charge in [0.1, 0.15) is 12.1 Å². The minimum atomic E-state index is -1.11. The van der Waals surface area contributed by atoms with Gasteiger partial charge >= 0.3 is 0 Å². The van der Waals surface area contributed by atoms with Crippen LogP contribution in [-0.4, -0.2) is 106 Å². The number of nitrogens with zero attached hydrogens (tertiary/aromatic N) is 4. The summed E-state index contributed by atoms with van der Waals surface area (Å²) >= 11 is 0. The summed E-state index contributed by atoms with van der Waals surface area (Å²) in [6.45, 7) is 1.65. The van der Waals surface area contributed by atoms with Crippen LogP contribution in [0.15, 0.2) is 97.3 Å². The Balaban J connectivity index is 1.23. The molecule has 2 fully saturated rings. The Morgan fingerprint density at radius 1 is 0.846 bits per heavy atom. The van der Waals surface area contributed by atoms with E-state index in [1.54, 1.807) is 18.2 Å². The maximum absolute atomic E-state index is 13.9. The number of morpholine rings is 1. The quantitative estimate of drug-likeness (QED) is 0.266. The van der Waals surface area contributed by atoms with Gasteiger partial charge in [0.15, 0.2) is 6.10 Å². The number of aryl methyl sites for hydroxylation is 1. The Labute approximate surface area is 302 Å². The van der Waals surface area contributed by atoms with Crippen LogP contribution in [0, 0.1) is 0 Å². The highest BCUT2D eigenvalue weighted by molar-refractivity contribution is 5.93. The second kappa shape index (κ2) is 16.5. The number of hydrogen-bond acceptors (Lipinski definition) is 7. The minimum absolute atomic E-state index is 0.000999. The number of nitrogens with one attached hydrogen (secondary N) is 3. The third-order valence-electron chi connectivity index (χ3n) is 9.24. The predicted molar refractivity (Wildman–Crippen MR) is 193 cm³/mol. The van der Waals surface area contributed by atoms with E-state index >= 15 is 0 Å². The first-order valence-corrected chi connectivity index (χ1v) is 17.4. The number of benzene rings is 3. The van der Waals surface area contributed by atoms with E-state index in [4.69, 9.17) is 9.72 Å². The van der Waals surface area contributed by atoms with Gasteiger partial charge in [-0.3, -0.25) is 24.0 Å². The molecule has 2 saturated heterocycles. The normalized spacial score (nSPS) is 21.7. The second-order valence-corrected chi connectivity index (χ2v) is 13.1. The zero-order valence-electron chi connectivity index (χ0n) is 29.2. The first-order valence-electron chi connectivity index (χ1n) is 17.4. The van der Waals surface area contributed by atoms with Crippen LogP contribution < -0.4 is 16.0 Å². The molecule has 6 rings (SSSR count). The maximum atomic E-state index is 13.9. The fourth-order valence-corrected chi connectivity index (χ4v) is 6.53. The highest BCUT2D eigenvalue weighted by Crippen LogP contribution is 2.31. The number of carbonyl (C=O) groups excluding carboxylic acids is 5. The van der Waals surface area contributed by atoms with Gasteiger partial charge in [0.25, 0.3) is 5.91 Å². The lowest BCUT2D eigenvalue weighted by atomic mass is 10.0. The van der Waals surface area contributed by atoms with Crippen LogP contribution in [0.5, 0.6) is 0 Å². The van der Waals surface area contributed by atoms with Gasteiger partial charge in [-0.15, -0.1) is 0 Å². The summed E-state index contributed by atoms with van der Waals surface area (Å²) in [5.74, 6) is -2.24. The number of likely N-dealkylation sites (N-methyl/N-ethyl adjacent to an activating group) is 1. The monoisotopic (exact) mass is 705 g/mol. The molecule has 13 nitrogen and oxygen atoms in total. The van der Waals surface area contributed by atoms with E-state index in [2.05, 4.69) is 16.0 Å². The van der Waals surface area contributed by atoms with Gasteiger partial charge in [0, 0.05) is 50.7 Å². The van der Waals surface area contributed by atoms with E-state index < -0.39 is 47.9 Å².